The Morgan fingerprint density at radius 2 is 2.16 bits per heavy atom. The molecule has 1 aromatic carbocycles. The first-order valence-electron chi connectivity index (χ1n) is 7.10. The average Bonchev–Trinajstić information content (AvgIpc) is 2.30. The number of rotatable bonds is 4. The van der Waals surface area contributed by atoms with Crippen molar-refractivity contribution in [3.05, 3.63) is 35.6 Å². The van der Waals surface area contributed by atoms with E-state index in [-0.39, 0.29) is 17.5 Å². The summed E-state index contributed by atoms with van der Waals surface area (Å²) < 4.78 is 19.3. The lowest BCUT2D eigenvalue weighted by Crippen LogP contribution is -2.47. The molecular formula is C16H24FNO. The molecule has 0 amide bonds. The van der Waals surface area contributed by atoms with Gasteiger partial charge in [-0.05, 0) is 51.7 Å². The Morgan fingerprint density at radius 3 is 2.84 bits per heavy atom. The van der Waals surface area contributed by atoms with Crippen LogP contribution < -0.4 is 5.32 Å². The van der Waals surface area contributed by atoms with Gasteiger partial charge in [-0.1, -0.05) is 18.2 Å². The molecular weight excluding hydrogens is 241 g/mol. The van der Waals surface area contributed by atoms with E-state index in [2.05, 4.69) is 26.1 Å². The molecule has 3 heteroatoms. The predicted molar refractivity (Wildman–Crippen MR) is 75.8 cm³/mol. The van der Waals surface area contributed by atoms with Gasteiger partial charge < -0.3 is 10.1 Å². The third-order valence-corrected chi connectivity index (χ3v) is 3.70. The summed E-state index contributed by atoms with van der Waals surface area (Å²) in [7, 11) is 0. The van der Waals surface area contributed by atoms with Gasteiger partial charge in [0, 0.05) is 18.7 Å². The molecule has 0 radical (unpaired) electrons. The summed E-state index contributed by atoms with van der Waals surface area (Å²) in [6.07, 6.45) is 2.77. The first-order valence-corrected chi connectivity index (χ1v) is 7.10. The maximum atomic E-state index is 13.6. The number of hydrogen-bond donors (Lipinski definition) is 1. The minimum absolute atomic E-state index is 0.0480. The normalized spacial score (nSPS) is 24.1. The molecule has 0 aromatic heterocycles. The van der Waals surface area contributed by atoms with Crippen LogP contribution in [0.25, 0.3) is 0 Å². The molecule has 2 nitrogen and oxygen atoms in total. The van der Waals surface area contributed by atoms with E-state index >= 15 is 0 Å². The van der Waals surface area contributed by atoms with Crippen LogP contribution in [0.1, 0.15) is 39.2 Å². The molecule has 2 rings (SSSR count). The van der Waals surface area contributed by atoms with Gasteiger partial charge in [0.05, 0.1) is 5.60 Å². The molecule has 1 aliphatic heterocycles. The summed E-state index contributed by atoms with van der Waals surface area (Å²) in [5, 5.41) is 3.60. The maximum Gasteiger partial charge on any atom is 0.126 e. The van der Waals surface area contributed by atoms with Gasteiger partial charge in [0.15, 0.2) is 0 Å². The van der Waals surface area contributed by atoms with Crippen molar-refractivity contribution in [1.29, 1.82) is 0 Å². The lowest BCUT2D eigenvalue weighted by Gasteiger charge is -2.37. The topological polar surface area (TPSA) is 21.3 Å². The van der Waals surface area contributed by atoms with E-state index in [0.717, 1.165) is 31.4 Å². The zero-order valence-electron chi connectivity index (χ0n) is 12.1. The van der Waals surface area contributed by atoms with Crippen molar-refractivity contribution in [3.63, 3.8) is 0 Å². The summed E-state index contributed by atoms with van der Waals surface area (Å²) in [4.78, 5) is 0. The van der Waals surface area contributed by atoms with Crippen molar-refractivity contribution in [2.24, 2.45) is 0 Å². The number of benzene rings is 1. The molecule has 0 bridgehead atoms. The monoisotopic (exact) mass is 265 g/mol. The van der Waals surface area contributed by atoms with Crippen molar-refractivity contribution in [2.45, 2.75) is 57.7 Å². The van der Waals surface area contributed by atoms with Crippen molar-refractivity contribution in [2.75, 3.05) is 6.61 Å². The highest BCUT2D eigenvalue weighted by molar-refractivity contribution is 5.18. The Kier molecular flexibility index (Phi) is 4.58. The fourth-order valence-electron chi connectivity index (χ4n) is 2.83. The lowest BCUT2D eigenvalue weighted by atomic mass is 9.93. The van der Waals surface area contributed by atoms with Crippen LogP contribution in [0.3, 0.4) is 0 Å². The van der Waals surface area contributed by atoms with Gasteiger partial charge in [-0.2, -0.15) is 0 Å². The zero-order chi connectivity index (χ0) is 13.9. The highest BCUT2D eigenvalue weighted by Crippen LogP contribution is 2.24. The van der Waals surface area contributed by atoms with Gasteiger partial charge in [-0.25, -0.2) is 4.39 Å². The summed E-state index contributed by atoms with van der Waals surface area (Å²) in [6.45, 7) is 7.18. The van der Waals surface area contributed by atoms with E-state index in [9.17, 15) is 4.39 Å². The minimum Gasteiger partial charge on any atom is -0.375 e. The van der Waals surface area contributed by atoms with Crippen molar-refractivity contribution >= 4 is 0 Å². The number of nitrogens with one attached hydrogen (secondary N) is 1. The number of ether oxygens (including phenoxy) is 1. The molecule has 2 atom stereocenters. The first-order chi connectivity index (χ1) is 8.96. The van der Waals surface area contributed by atoms with Crippen LogP contribution in [-0.4, -0.2) is 24.3 Å². The van der Waals surface area contributed by atoms with Gasteiger partial charge in [0.1, 0.15) is 5.82 Å². The van der Waals surface area contributed by atoms with Crippen LogP contribution in [0.5, 0.6) is 0 Å². The van der Waals surface area contributed by atoms with Crippen LogP contribution >= 0.6 is 0 Å². The average molecular weight is 265 g/mol. The van der Waals surface area contributed by atoms with Crippen LogP contribution in [0.4, 0.5) is 4.39 Å². The fraction of sp³-hybridized carbons (Fsp3) is 0.625. The highest BCUT2D eigenvalue weighted by atomic mass is 19.1. The summed E-state index contributed by atoms with van der Waals surface area (Å²) >= 11 is 0. The van der Waals surface area contributed by atoms with Crippen LogP contribution in [0, 0.1) is 5.82 Å². The van der Waals surface area contributed by atoms with Gasteiger partial charge >= 0.3 is 0 Å². The molecule has 1 fully saturated rings. The minimum atomic E-state index is -0.108. The van der Waals surface area contributed by atoms with Crippen molar-refractivity contribution in [1.82, 2.24) is 5.32 Å². The Labute approximate surface area is 115 Å². The second-order valence-corrected chi connectivity index (χ2v) is 6.16. The Bertz CT molecular complexity index is 419. The molecule has 19 heavy (non-hydrogen) atoms. The molecule has 1 saturated heterocycles. The molecule has 1 aromatic rings. The molecule has 106 valence electrons. The zero-order valence-corrected chi connectivity index (χ0v) is 12.1. The third kappa shape index (κ3) is 4.29. The fourth-order valence-corrected chi connectivity index (χ4v) is 2.83. The van der Waals surface area contributed by atoms with Gasteiger partial charge in [-0.15, -0.1) is 0 Å². The Hall–Kier alpha value is -0.930. The summed E-state index contributed by atoms with van der Waals surface area (Å²) in [6, 6.07) is 7.75. The van der Waals surface area contributed by atoms with Gasteiger partial charge in [-0.3, -0.25) is 0 Å². The first kappa shape index (κ1) is 14.5. The standard InChI is InChI=1S/C16H24FNO/c1-12(10-13-6-4-5-7-15(13)17)18-14-8-9-19-16(2,3)11-14/h4-7,12,14,18H,8-11H2,1-3H3. The number of halogens is 1. The second-order valence-electron chi connectivity index (χ2n) is 6.16. The Morgan fingerprint density at radius 1 is 1.42 bits per heavy atom. The molecule has 0 aliphatic carbocycles. The molecule has 1 N–H and O–H groups in total. The quantitative estimate of drug-likeness (QED) is 0.902. The third-order valence-electron chi connectivity index (χ3n) is 3.70. The number of hydrogen-bond acceptors (Lipinski definition) is 2. The molecule has 0 spiro atoms. The van der Waals surface area contributed by atoms with Gasteiger partial charge in [0.25, 0.3) is 0 Å². The van der Waals surface area contributed by atoms with Crippen LogP contribution in [0.15, 0.2) is 24.3 Å². The molecule has 2 unspecified atom stereocenters. The van der Waals surface area contributed by atoms with E-state index in [1.165, 1.54) is 6.07 Å². The smallest absolute Gasteiger partial charge is 0.126 e. The molecule has 1 heterocycles. The largest absolute Gasteiger partial charge is 0.375 e. The Balaban J connectivity index is 1.88. The van der Waals surface area contributed by atoms with Crippen molar-refractivity contribution in [3.8, 4) is 0 Å². The summed E-state index contributed by atoms with van der Waals surface area (Å²) in [5.74, 6) is -0.108. The molecule has 0 saturated carbocycles. The highest BCUT2D eigenvalue weighted by Gasteiger charge is 2.29. The van der Waals surface area contributed by atoms with E-state index in [0.29, 0.717) is 6.04 Å². The second kappa shape index (κ2) is 6.02. The van der Waals surface area contributed by atoms with E-state index in [1.54, 1.807) is 6.07 Å². The SMILES string of the molecule is CC(Cc1ccccc1F)NC1CCOC(C)(C)C1. The van der Waals surface area contributed by atoms with Crippen molar-refractivity contribution < 1.29 is 9.13 Å². The molecule has 1 aliphatic rings. The van der Waals surface area contributed by atoms with Crippen LogP contribution in [-0.2, 0) is 11.2 Å². The van der Waals surface area contributed by atoms with E-state index < -0.39 is 0 Å². The van der Waals surface area contributed by atoms with E-state index in [1.807, 2.05) is 12.1 Å². The summed E-state index contributed by atoms with van der Waals surface area (Å²) in [5.41, 5.74) is 0.738. The van der Waals surface area contributed by atoms with Gasteiger partial charge in [0.2, 0.25) is 0 Å². The van der Waals surface area contributed by atoms with Crippen LogP contribution in [0.2, 0.25) is 0 Å². The predicted octanol–water partition coefficient (Wildman–Crippen LogP) is 3.30. The van der Waals surface area contributed by atoms with E-state index in [4.69, 9.17) is 4.74 Å². The maximum absolute atomic E-state index is 13.6. The lowest BCUT2D eigenvalue weighted by molar-refractivity contribution is -0.0639.